The van der Waals surface area contributed by atoms with Gasteiger partial charge in [-0.3, -0.25) is 0 Å². The molecule has 0 heterocycles. The lowest BCUT2D eigenvalue weighted by molar-refractivity contribution is 0.0467. The normalized spacial score (nSPS) is 11.8. The molecule has 0 aromatic rings. The van der Waals surface area contributed by atoms with Crippen LogP contribution < -0.4 is 0 Å². The molecule has 0 aromatic carbocycles. The van der Waals surface area contributed by atoms with Crippen molar-refractivity contribution in [3.05, 3.63) is 0 Å². The Kier molecular flexibility index (Phi) is 20.3. The number of rotatable bonds is 19. The highest BCUT2D eigenvalue weighted by atomic mass is 16.5. The SMILES string of the molecule is C#CCCCCCCCCCCCCCC(CC#C)OCCCCC. The van der Waals surface area contributed by atoms with Crippen LogP contribution in [0.25, 0.3) is 0 Å². The van der Waals surface area contributed by atoms with Gasteiger partial charge in [-0.2, -0.15) is 0 Å². The third kappa shape index (κ3) is 19.3. The summed E-state index contributed by atoms with van der Waals surface area (Å²) < 4.78 is 5.94. The van der Waals surface area contributed by atoms with Gasteiger partial charge in [-0.15, -0.1) is 24.7 Å². The minimum absolute atomic E-state index is 0.288. The maximum Gasteiger partial charge on any atom is 0.0684 e. The van der Waals surface area contributed by atoms with Crippen molar-refractivity contribution >= 4 is 0 Å². The molecule has 0 rings (SSSR count). The molecule has 0 radical (unpaired) electrons. The summed E-state index contributed by atoms with van der Waals surface area (Å²) in [6.07, 6.45) is 32.3. The highest BCUT2D eigenvalue weighted by Crippen LogP contribution is 2.15. The Balaban J connectivity index is 3.34. The first-order chi connectivity index (χ1) is 12.3. The van der Waals surface area contributed by atoms with Crippen LogP contribution in [0.1, 0.15) is 116 Å². The molecule has 0 aliphatic rings. The van der Waals surface area contributed by atoms with E-state index in [-0.39, 0.29) is 6.10 Å². The molecule has 0 aliphatic carbocycles. The molecule has 1 unspecified atom stereocenters. The molecule has 0 aromatic heterocycles. The van der Waals surface area contributed by atoms with Crippen LogP contribution in [0.4, 0.5) is 0 Å². The second kappa shape index (κ2) is 21.1. The largest absolute Gasteiger partial charge is 0.377 e. The summed E-state index contributed by atoms with van der Waals surface area (Å²) in [6, 6.07) is 0. The van der Waals surface area contributed by atoms with E-state index in [1.54, 1.807) is 0 Å². The van der Waals surface area contributed by atoms with Gasteiger partial charge in [-0.25, -0.2) is 0 Å². The Morgan fingerprint density at radius 1 is 0.680 bits per heavy atom. The van der Waals surface area contributed by atoms with Crippen molar-refractivity contribution in [2.24, 2.45) is 0 Å². The van der Waals surface area contributed by atoms with Crippen molar-refractivity contribution in [1.29, 1.82) is 0 Å². The van der Waals surface area contributed by atoms with Crippen LogP contribution in [-0.2, 0) is 4.74 Å². The zero-order chi connectivity index (χ0) is 18.4. The van der Waals surface area contributed by atoms with Gasteiger partial charge in [-0.05, 0) is 19.3 Å². The predicted molar refractivity (Wildman–Crippen MR) is 112 cm³/mol. The summed E-state index contributed by atoms with van der Waals surface area (Å²) in [5.74, 6) is 5.49. The fourth-order valence-corrected chi connectivity index (χ4v) is 3.17. The van der Waals surface area contributed by atoms with Crippen molar-refractivity contribution in [2.75, 3.05) is 6.61 Å². The summed E-state index contributed by atoms with van der Waals surface area (Å²) in [5, 5.41) is 0. The molecule has 1 heteroatoms. The zero-order valence-corrected chi connectivity index (χ0v) is 16.9. The lowest BCUT2D eigenvalue weighted by Crippen LogP contribution is -2.13. The van der Waals surface area contributed by atoms with Crippen molar-refractivity contribution in [1.82, 2.24) is 0 Å². The topological polar surface area (TPSA) is 9.23 Å². The summed E-state index contributed by atoms with van der Waals surface area (Å²) in [4.78, 5) is 0. The maximum absolute atomic E-state index is 5.94. The van der Waals surface area contributed by atoms with Crippen LogP contribution in [0.2, 0.25) is 0 Å². The second-order valence-electron chi connectivity index (χ2n) is 7.24. The van der Waals surface area contributed by atoms with Crippen LogP contribution in [0, 0.1) is 24.7 Å². The van der Waals surface area contributed by atoms with Gasteiger partial charge in [0.2, 0.25) is 0 Å². The monoisotopic (exact) mass is 346 g/mol. The average molecular weight is 347 g/mol. The lowest BCUT2D eigenvalue weighted by atomic mass is 10.0. The van der Waals surface area contributed by atoms with Crippen molar-refractivity contribution in [2.45, 2.75) is 122 Å². The smallest absolute Gasteiger partial charge is 0.0684 e. The Hall–Kier alpha value is -0.920. The van der Waals surface area contributed by atoms with E-state index < -0.39 is 0 Å². The van der Waals surface area contributed by atoms with Crippen LogP contribution in [0.5, 0.6) is 0 Å². The summed E-state index contributed by atoms with van der Waals surface area (Å²) >= 11 is 0. The Bertz CT molecular complexity index is 333. The van der Waals surface area contributed by atoms with Crippen molar-refractivity contribution in [3.63, 3.8) is 0 Å². The first-order valence-corrected chi connectivity index (χ1v) is 10.8. The molecule has 144 valence electrons. The molecule has 0 saturated carbocycles. The van der Waals surface area contributed by atoms with Gasteiger partial charge in [0.25, 0.3) is 0 Å². The average Bonchev–Trinajstić information content (AvgIpc) is 2.62. The number of unbranched alkanes of at least 4 members (excludes halogenated alkanes) is 13. The van der Waals surface area contributed by atoms with Gasteiger partial charge in [0.05, 0.1) is 6.10 Å². The Morgan fingerprint density at radius 2 is 1.24 bits per heavy atom. The van der Waals surface area contributed by atoms with Crippen molar-refractivity contribution < 1.29 is 4.74 Å². The van der Waals surface area contributed by atoms with E-state index in [1.807, 2.05) is 0 Å². The summed E-state index contributed by atoms with van der Waals surface area (Å²) in [5.41, 5.74) is 0. The first-order valence-electron chi connectivity index (χ1n) is 10.8. The molecule has 0 bridgehead atoms. The van der Waals surface area contributed by atoms with Crippen LogP contribution >= 0.6 is 0 Å². The molecular weight excluding hydrogens is 304 g/mol. The zero-order valence-electron chi connectivity index (χ0n) is 16.9. The van der Waals surface area contributed by atoms with Crippen molar-refractivity contribution in [3.8, 4) is 24.7 Å². The molecule has 25 heavy (non-hydrogen) atoms. The molecule has 1 atom stereocenters. The number of hydrogen-bond acceptors (Lipinski definition) is 1. The number of hydrogen-bond donors (Lipinski definition) is 0. The highest BCUT2D eigenvalue weighted by molar-refractivity contribution is 4.87. The van der Waals surface area contributed by atoms with E-state index in [2.05, 4.69) is 18.8 Å². The Labute approximate surface area is 158 Å². The minimum atomic E-state index is 0.288. The van der Waals surface area contributed by atoms with Gasteiger partial charge < -0.3 is 4.74 Å². The maximum atomic E-state index is 5.94. The fraction of sp³-hybridized carbons (Fsp3) is 0.833. The van der Waals surface area contributed by atoms with E-state index in [9.17, 15) is 0 Å². The van der Waals surface area contributed by atoms with E-state index >= 15 is 0 Å². The molecule has 0 spiro atoms. The van der Waals surface area contributed by atoms with Gasteiger partial charge in [-0.1, -0.05) is 84.0 Å². The number of terminal acetylenes is 2. The molecule has 0 amide bonds. The van der Waals surface area contributed by atoms with E-state index in [4.69, 9.17) is 17.6 Å². The highest BCUT2D eigenvalue weighted by Gasteiger charge is 2.07. The minimum Gasteiger partial charge on any atom is -0.377 e. The molecule has 0 aliphatic heterocycles. The fourth-order valence-electron chi connectivity index (χ4n) is 3.17. The third-order valence-corrected chi connectivity index (χ3v) is 4.79. The molecule has 1 nitrogen and oxygen atoms in total. The van der Waals surface area contributed by atoms with E-state index in [0.717, 1.165) is 25.9 Å². The molecule has 0 saturated heterocycles. The summed E-state index contributed by atoms with van der Waals surface area (Å²) in [6.45, 7) is 3.10. The standard InChI is InChI=1S/C24H42O/c1-4-7-9-10-11-12-13-14-15-16-17-18-19-22-24(21-6-3)25-23-20-8-5-2/h1,3,24H,5,7-23H2,2H3. The van der Waals surface area contributed by atoms with E-state index in [0.29, 0.717) is 0 Å². The quantitative estimate of drug-likeness (QED) is 0.176. The summed E-state index contributed by atoms with van der Waals surface area (Å²) in [7, 11) is 0. The van der Waals surface area contributed by atoms with Gasteiger partial charge in [0.15, 0.2) is 0 Å². The lowest BCUT2D eigenvalue weighted by Gasteiger charge is -2.15. The number of ether oxygens (including phenoxy) is 1. The molecule has 0 fully saturated rings. The van der Waals surface area contributed by atoms with Crippen LogP contribution in [-0.4, -0.2) is 12.7 Å². The predicted octanol–water partition coefficient (Wildman–Crippen LogP) is 7.29. The van der Waals surface area contributed by atoms with Gasteiger partial charge in [0, 0.05) is 19.4 Å². The molecule has 0 N–H and O–H groups in total. The third-order valence-electron chi connectivity index (χ3n) is 4.79. The van der Waals surface area contributed by atoms with Gasteiger partial charge >= 0.3 is 0 Å². The van der Waals surface area contributed by atoms with E-state index in [1.165, 1.54) is 89.9 Å². The first kappa shape index (κ1) is 24.1. The Morgan fingerprint density at radius 3 is 1.76 bits per heavy atom. The second-order valence-corrected chi connectivity index (χ2v) is 7.24. The van der Waals surface area contributed by atoms with Crippen LogP contribution in [0.3, 0.4) is 0 Å². The van der Waals surface area contributed by atoms with Gasteiger partial charge in [0.1, 0.15) is 0 Å². The molecular formula is C24H42O. The van der Waals surface area contributed by atoms with Crippen LogP contribution in [0.15, 0.2) is 0 Å².